The second kappa shape index (κ2) is 6.38. The first-order chi connectivity index (χ1) is 6.68. The highest BCUT2D eigenvalue weighted by molar-refractivity contribution is 4.75. The van der Waals surface area contributed by atoms with Gasteiger partial charge in [0, 0.05) is 12.6 Å². The van der Waals surface area contributed by atoms with E-state index in [0.29, 0.717) is 12.0 Å². The quantitative estimate of drug-likeness (QED) is 0.613. The van der Waals surface area contributed by atoms with Crippen LogP contribution in [0, 0.1) is 5.92 Å². The number of piperidine rings is 1. The van der Waals surface area contributed by atoms with E-state index in [1.165, 1.54) is 12.8 Å². The van der Waals surface area contributed by atoms with E-state index in [2.05, 4.69) is 24.5 Å². The fourth-order valence-electron chi connectivity index (χ4n) is 1.96. The van der Waals surface area contributed by atoms with E-state index < -0.39 is 0 Å². The third kappa shape index (κ3) is 4.94. The normalized spacial score (nSPS) is 21.4. The third-order valence-corrected chi connectivity index (χ3v) is 2.72. The Morgan fingerprint density at radius 1 is 1.36 bits per heavy atom. The van der Waals surface area contributed by atoms with Gasteiger partial charge in [0.1, 0.15) is 0 Å². The summed E-state index contributed by atoms with van der Waals surface area (Å²) in [5, 5.41) is 16.4. The monoisotopic (exact) mass is 200 g/mol. The standard InChI is InChI=1S/C11H24N2O/c1-9(2)7-11(14)8-13-10-3-5-12-6-4-10/h9-14H,3-8H2,1-2H3. The van der Waals surface area contributed by atoms with Gasteiger partial charge < -0.3 is 15.7 Å². The average molecular weight is 200 g/mol. The predicted molar refractivity (Wildman–Crippen MR) is 59.4 cm³/mol. The van der Waals surface area contributed by atoms with Crippen LogP contribution in [0.5, 0.6) is 0 Å². The van der Waals surface area contributed by atoms with Gasteiger partial charge in [0.25, 0.3) is 0 Å². The van der Waals surface area contributed by atoms with Crippen LogP contribution >= 0.6 is 0 Å². The van der Waals surface area contributed by atoms with Crippen molar-refractivity contribution in [1.82, 2.24) is 10.6 Å². The highest BCUT2D eigenvalue weighted by Crippen LogP contribution is 2.06. The van der Waals surface area contributed by atoms with Crippen LogP contribution in [-0.2, 0) is 0 Å². The van der Waals surface area contributed by atoms with E-state index >= 15 is 0 Å². The zero-order chi connectivity index (χ0) is 10.4. The van der Waals surface area contributed by atoms with E-state index in [0.717, 1.165) is 26.1 Å². The molecule has 0 saturated carbocycles. The average Bonchev–Trinajstić information content (AvgIpc) is 2.15. The minimum atomic E-state index is -0.176. The number of aliphatic hydroxyl groups is 1. The molecular formula is C11H24N2O. The van der Waals surface area contributed by atoms with Gasteiger partial charge in [0.2, 0.25) is 0 Å². The summed E-state index contributed by atoms with van der Waals surface area (Å²) >= 11 is 0. The molecule has 14 heavy (non-hydrogen) atoms. The van der Waals surface area contributed by atoms with Crippen LogP contribution in [0.15, 0.2) is 0 Å². The van der Waals surface area contributed by atoms with Crippen molar-refractivity contribution in [3.05, 3.63) is 0 Å². The van der Waals surface area contributed by atoms with Gasteiger partial charge >= 0.3 is 0 Å². The predicted octanol–water partition coefficient (Wildman–Crippen LogP) is 0.735. The second-order valence-corrected chi connectivity index (χ2v) is 4.72. The molecule has 1 fully saturated rings. The van der Waals surface area contributed by atoms with Crippen molar-refractivity contribution in [3.8, 4) is 0 Å². The number of aliphatic hydroxyl groups excluding tert-OH is 1. The summed E-state index contributed by atoms with van der Waals surface area (Å²) in [7, 11) is 0. The van der Waals surface area contributed by atoms with Gasteiger partial charge in [-0.1, -0.05) is 13.8 Å². The molecule has 3 nitrogen and oxygen atoms in total. The van der Waals surface area contributed by atoms with Crippen molar-refractivity contribution in [2.75, 3.05) is 19.6 Å². The zero-order valence-corrected chi connectivity index (χ0v) is 9.42. The summed E-state index contributed by atoms with van der Waals surface area (Å²) in [5.41, 5.74) is 0. The van der Waals surface area contributed by atoms with Crippen molar-refractivity contribution in [2.45, 2.75) is 45.3 Å². The van der Waals surface area contributed by atoms with E-state index in [-0.39, 0.29) is 6.10 Å². The van der Waals surface area contributed by atoms with Crippen LogP contribution < -0.4 is 10.6 Å². The zero-order valence-electron chi connectivity index (χ0n) is 9.42. The Hall–Kier alpha value is -0.120. The molecule has 3 N–H and O–H groups in total. The molecule has 0 radical (unpaired) electrons. The molecule has 0 aromatic carbocycles. The van der Waals surface area contributed by atoms with E-state index in [4.69, 9.17) is 0 Å². The molecule has 84 valence electrons. The van der Waals surface area contributed by atoms with E-state index in [9.17, 15) is 5.11 Å². The Labute approximate surface area is 87.3 Å². The maximum atomic E-state index is 9.67. The van der Waals surface area contributed by atoms with Gasteiger partial charge in [-0.25, -0.2) is 0 Å². The van der Waals surface area contributed by atoms with Gasteiger partial charge in [-0.05, 0) is 38.3 Å². The first-order valence-corrected chi connectivity index (χ1v) is 5.80. The topological polar surface area (TPSA) is 44.3 Å². The van der Waals surface area contributed by atoms with Crippen LogP contribution in [0.2, 0.25) is 0 Å². The molecule has 1 aliphatic heterocycles. The maximum Gasteiger partial charge on any atom is 0.0667 e. The van der Waals surface area contributed by atoms with Crippen molar-refractivity contribution >= 4 is 0 Å². The van der Waals surface area contributed by atoms with Gasteiger partial charge in [-0.15, -0.1) is 0 Å². The molecule has 0 aromatic heterocycles. The largest absolute Gasteiger partial charge is 0.392 e. The molecule has 1 rings (SSSR count). The molecule has 0 aromatic rings. The van der Waals surface area contributed by atoms with Gasteiger partial charge in [-0.3, -0.25) is 0 Å². The number of rotatable bonds is 5. The molecule has 3 heteroatoms. The fourth-order valence-corrected chi connectivity index (χ4v) is 1.96. The Bertz CT molecular complexity index is 144. The van der Waals surface area contributed by atoms with Crippen LogP contribution in [0.3, 0.4) is 0 Å². The smallest absolute Gasteiger partial charge is 0.0667 e. The molecule has 1 unspecified atom stereocenters. The van der Waals surface area contributed by atoms with Crippen molar-refractivity contribution in [3.63, 3.8) is 0 Å². The Kier molecular flexibility index (Phi) is 5.45. The van der Waals surface area contributed by atoms with Gasteiger partial charge in [-0.2, -0.15) is 0 Å². The summed E-state index contributed by atoms with van der Waals surface area (Å²) in [6.07, 6.45) is 3.10. The molecular weight excluding hydrogens is 176 g/mol. The van der Waals surface area contributed by atoms with Gasteiger partial charge in [0.15, 0.2) is 0 Å². The number of hydrogen-bond acceptors (Lipinski definition) is 3. The minimum Gasteiger partial charge on any atom is -0.392 e. The molecule has 1 aliphatic rings. The SMILES string of the molecule is CC(C)CC(O)CNC1CCNCC1. The van der Waals surface area contributed by atoms with Crippen molar-refractivity contribution in [2.24, 2.45) is 5.92 Å². The highest BCUT2D eigenvalue weighted by atomic mass is 16.3. The molecule has 1 saturated heterocycles. The van der Waals surface area contributed by atoms with Crippen LogP contribution in [0.25, 0.3) is 0 Å². The molecule has 0 bridgehead atoms. The third-order valence-electron chi connectivity index (χ3n) is 2.72. The lowest BCUT2D eigenvalue weighted by Crippen LogP contribution is -2.42. The first-order valence-electron chi connectivity index (χ1n) is 5.80. The van der Waals surface area contributed by atoms with Crippen LogP contribution in [-0.4, -0.2) is 36.9 Å². The Morgan fingerprint density at radius 2 is 2.00 bits per heavy atom. The number of nitrogens with one attached hydrogen (secondary N) is 2. The summed E-state index contributed by atoms with van der Waals surface area (Å²) in [6.45, 7) is 7.26. The van der Waals surface area contributed by atoms with Crippen molar-refractivity contribution in [1.29, 1.82) is 0 Å². The summed E-state index contributed by atoms with van der Waals surface area (Å²) in [5.74, 6) is 0.583. The van der Waals surface area contributed by atoms with E-state index in [1.54, 1.807) is 0 Å². The lowest BCUT2D eigenvalue weighted by atomic mass is 10.0. The molecule has 0 spiro atoms. The molecule has 1 atom stereocenters. The number of hydrogen-bond donors (Lipinski definition) is 3. The Balaban J connectivity index is 2.06. The summed E-state index contributed by atoms with van der Waals surface area (Å²) < 4.78 is 0. The summed E-state index contributed by atoms with van der Waals surface area (Å²) in [4.78, 5) is 0. The first kappa shape index (κ1) is 12.0. The van der Waals surface area contributed by atoms with E-state index in [1.807, 2.05) is 0 Å². The lowest BCUT2D eigenvalue weighted by Gasteiger charge is -2.25. The molecule has 0 amide bonds. The highest BCUT2D eigenvalue weighted by Gasteiger charge is 2.14. The maximum absolute atomic E-state index is 9.67. The molecule has 1 heterocycles. The summed E-state index contributed by atoms with van der Waals surface area (Å²) in [6, 6.07) is 0.609. The van der Waals surface area contributed by atoms with Gasteiger partial charge in [0.05, 0.1) is 6.10 Å². The lowest BCUT2D eigenvalue weighted by molar-refractivity contribution is 0.140. The minimum absolute atomic E-state index is 0.176. The second-order valence-electron chi connectivity index (χ2n) is 4.72. The molecule has 0 aliphatic carbocycles. The van der Waals surface area contributed by atoms with Crippen LogP contribution in [0.1, 0.15) is 33.1 Å². The van der Waals surface area contributed by atoms with Crippen molar-refractivity contribution < 1.29 is 5.11 Å². The fraction of sp³-hybridized carbons (Fsp3) is 1.00. The Morgan fingerprint density at radius 3 is 2.57 bits per heavy atom. The van der Waals surface area contributed by atoms with Crippen LogP contribution in [0.4, 0.5) is 0 Å².